The van der Waals surface area contributed by atoms with Gasteiger partial charge in [-0.1, -0.05) is 6.08 Å². The fraction of sp³-hybridized carbons (Fsp3) is 0.462. The van der Waals surface area contributed by atoms with Crippen LogP contribution in [0.25, 0.3) is 0 Å². The van der Waals surface area contributed by atoms with Crippen LogP contribution in [0, 0.1) is 6.92 Å². The predicted octanol–water partition coefficient (Wildman–Crippen LogP) is 2.73. The molecule has 1 aromatic heterocycles. The molecule has 1 unspecified atom stereocenters. The number of furan rings is 1. The highest BCUT2D eigenvalue weighted by atomic mass is 16.3. The highest BCUT2D eigenvalue weighted by Crippen LogP contribution is 2.27. The largest absolute Gasteiger partial charge is 0.466 e. The molecule has 1 aromatic rings. The van der Waals surface area contributed by atoms with Crippen LogP contribution in [0.4, 0.5) is 0 Å². The minimum Gasteiger partial charge on any atom is -0.466 e. The summed E-state index contributed by atoms with van der Waals surface area (Å²) < 4.78 is 7.83. The van der Waals surface area contributed by atoms with Gasteiger partial charge in [-0.25, -0.2) is 4.58 Å². The molecule has 2 nitrogen and oxygen atoms in total. The maximum atomic E-state index is 5.64. The lowest BCUT2D eigenvalue weighted by molar-refractivity contribution is -0.465. The summed E-state index contributed by atoms with van der Waals surface area (Å²) in [6.07, 6.45) is 6.74. The van der Waals surface area contributed by atoms with Crippen LogP contribution in [0.5, 0.6) is 0 Å². The molecule has 1 aliphatic carbocycles. The molecule has 1 atom stereocenters. The molecule has 0 fully saturated rings. The van der Waals surface area contributed by atoms with Crippen molar-refractivity contribution < 1.29 is 8.99 Å². The molecule has 1 aliphatic rings. The monoisotopic (exact) mass is 204 g/mol. The number of hydrogen-bond acceptors (Lipinski definition) is 1. The normalized spacial score (nSPS) is 20.7. The van der Waals surface area contributed by atoms with Gasteiger partial charge in [0.25, 0.3) is 0 Å². The fourth-order valence-corrected chi connectivity index (χ4v) is 1.97. The molecule has 15 heavy (non-hydrogen) atoms. The molecule has 0 radical (unpaired) electrons. The van der Waals surface area contributed by atoms with Crippen LogP contribution in [0.1, 0.15) is 30.3 Å². The van der Waals surface area contributed by atoms with Gasteiger partial charge in [0.15, 0.2) is 5.71 Å². The molecule has 0 N–H and O–H groups in total. The van der Waals surface area contributed by atoms with E-state index in [1.807, 2.05) is 13.0 Å². The van der Waals surface area contributed by atoms with Gasteiger partial charge >= 0.3 is 0 Å². The molecule has 80 valence electrons. The molecule has 2 heteroatoms. The van der Waals surface area contributed by atoms with Crippen molar-refractivity contribution in [3.05, 3.63) is 35.8 Å². The molecule has 0 saturated carbocycles. The number of rotatable bonds is 1. The van der Waals surface area contributed by atoms with Crippen molar-refractivity contribution in [2.24, 2.45) is 0 Å². The lowest BCUT2D eigenvalue weighted by Gasteiger charge is -2.13. The van der Waals surface area contributed by atoms with Gasteiger partial charge in [-0.2, -0.15) is 0 Å². The number of hydrogen-bond donors (Lipinski definition) is 0. The summed E-state index contributed by atoms with van der Waals surface area (Å²) in [6, 6.07) is 4.12. The smallest absolute Gasteiger partial charge is 0.175 e. The van der Waals surface area contributed by atoms with Crippen molar-refractivity contribution in [2.45, 2.75) is 25.7 Å². The average Bonchev–Trinajstić information content (AvgIpc) is 2.65. The summed E-state index contributed by atoms with van der Waals surface area (Å²) in [5.74, 6) is 2.56. The van der Waals surface area contributed by atoms with Gasteiger partial charge < -0.3 is 4.42 Å². The van der Waals surface area contributed by atoms with Gasteiger partial charge in [0, 0.05) is 18.4 Å². The Hall–Kier alpha value is -1.31. The number of aryl methyl sites for hydroxylation is 1. The van der Waals surface area contributed by atoms with Crippen LogP contribution >= 0.6 is 0 Å². The van der Waals surface area contributed by atoms with E-state index in [1.165, 1.54) is 5.71 Å². The quantitative estimate of drug-likeness (QED) is 0.642. The first kappa shape index (κ1) is 10.2. The van der Waals surface area contributed by atoms with Crippen molar-refractivity contribution in [3.8, 4) is 0 Å². The highest BCUT2D eigenvalue weighted by molar-refractivity contribution is 5.91. The van der Waals surface area contributed by atoms with E-state index in [0.29, 0.717) is 5.92 Å². The van der Waals surface area contributed by atoms with Crippen molar-refractivity contribution in [1.82, 2.24) is 0 Å². The summed E-state index contributed by atoms with van der Waals surface area (Å²) >= 11 is 0. The Labute approximate surface area is 90.9 Å². The van der Waals surface area contributed by atoms with E-state index in [2.05, 4.69) is 36.9 Å². The maximum absolute atomic E-state index is 5.64. The van der Waals surface area contributed by atoms with Crippen LogP contribution < -0.4 is 0 Å². The van der Waals surface area contributed by atoms with E-state index in [1.54, 1.807) is 0 Å². The second kappa shape index (κ2) is 4.05. The summed E-state index contributed by atoms with van der Waals surface area (Å²) in [5.41, 5.74) is 1.40. The van der Waals surface area contributed by atoms with Gasteiger partial charge in [-0.15, -0.1) is 0 Å². The molecule has 0 spiro atoms. The standard InChI is InChI=1S/C13H18NO/c1-10-4-9-13(15-10)11-5-7-12(8-6-11)14(2)3/h4-5,7,9,11H,6,8H2,1-3H3/q+1. The molecular weight excluding hydrogens is 186 g/mol. The summed E-state index contributed by atoms with van der Waals surface area (Å²) in [4.78, 5) is 0. The van der Waals surface area contributed by atoms with Gasteiger partial charge in [0.05, 0.1) is 0 Å². The molecule has 0 aromatic carbocycles. The molecular formula is C13H18NO+. The Morgan fingerprint density at radius 2 is 2.13 bits per heavy atom. The zero-order valence-electron chi connectivity index (χ0n) is 9.66. The van der Waals surface area contributed by atoms with Crippen molar-refractivity contribution in [1.29, 1.82) is 0 Å². The van der Waals surface area contributed by atoms with Gasteiger partial charge in [0.1, 0.15) is 25.6 Å². The Kier molecular flexibility index (Phi) is 2.76. The van der Waals surface area contributed by atoms with Gasteiger partial charge in [0.2, 0.25) is 0 Å². The Bertz CT molecular complexity index is 408. The SMILES string of the molecule is Cc1ccc(C2C=CC(=[N+](C)C)CC2)o1. The van der Waals surface area contributed by atoms with E-state index in [9.17, 15) is 0 Å². The van der Waals surface area contributed by atoms with E-state index < -0.39 is 0 Å². The summed E-state index contributed by atoms with van der Waals surface area (Å²) in [7, 11) is 4.19. The second-order valence-corrected chi connectivity index (χ2v) is 4.34. The third-order valence-corrected chi connectivity index (χ3v) is 2.93. The van der Waals surface area contributed by atoms with Crippen molar-refractivity contribution in [3.63, 3.8) is 0 Å². The topological polar surface area (TPSA) is 16.1 Å². The molecule has 0 saturated heterocycles. The van der Waals surface area contributed by atoms with E-state index in [4.69, 9.17) is 4.42 Å². The molecule has 0 aliphatic heterocycles. The average molecular weight is 204 g/mol. The van der Waals surface area contributed by atoms with Crippen LogP contribution in [-0.4, -0.2) is 24.4 Å². The minimum absolute atomic E-state index is 0.461. The molecule has 0 bridgehead atoms. The minimum atomic E-state index is 0.461. The van der Waals surface area contributed by atoms with Crippen LogP contribution in [0.2, 0.25) is 0 Å². The first-order chi connectivity index (χ1) is 7.16. The van der Waals surface area contributed by atoms with Crippen molar-refractivity contribution >= 4 is 5.71 Å². The first-order valence-corrected chi connectivity index (χ1v) is 5.44. The predicted molar refractivity (Wildman–Crippen MR) is 61.7 cm³/mol. The van der Waals surface area contributed by atoms with Crippen LogP contribution in [0.15, 0.2) is 28.7 Å². The number of nitrogens with zero attached hydrogens (tertiary/aromatic N) is 1. The summed E-state index contributed by atoms with van der Waals surface area (Å²) in [5, 5.41) is 0. The Balaban J connectivity index is 2.17. The summed E-state index contributed by atoms with van der Waals surface area (Å²) in [6.45, 7) is 1.99. The Morgan fingerprint density at radius 1 is 1.33 bits per heavy atom. The highest BCUT2D eigenvalue weighted by Gasteiger charge is 2.19. The lowest BCUT2D eigenvalue weighted by atomic mass is 9.92. The van der Waals surface area contributed by atoms with E-state index in [-0.39, 0.29) is 0 Å². The third kappa shape index (κ3) is 2.20. The Morgan fingerprint density at radius 3 is 2.60 bits per heavy atom. The van der Waals surface area contributed by atoms with E-state index in [0.717, 1.165) is 24.4 Å². The number of allylic oxidation sites excluding steroid dienone is 2. The zero-order valence-corrected chi connectivity index (χ0v) is 9.66. The molecule has 1 heterocycles. The van der Waals surface area contributed by atoms with Crippen LogP contribution in [0.3, 0.4) is 0 Å². The molecule has 0 amide bonds. The lowest BCUT2D eigenvalue weighted by Crippen LogP contribution is -2.15. The van der Waals surface area contributed by atoms with Crippen molar-refractivity contribution in [2.75, 3.05) is 14.1 Å². The third-order valence-electron chi connectivity index (χ3n) is 2.93. The zero-order chi connectivity index (χ0) is 10.8. The second-order valence-electron chi connectivity index (χ2n) is 4.34. The first-order valence-electron chi connectivity index (χ1n) is 5.44. The fourth-order valence-electron chi connectivity index (χ4n) is 1.97. The van der Waals surface area contributed by atoms with Gasteiger partial charge in [-0.3, -0.25) is 0 Å². The van der Waals surface area contributed by atoms with Crippen LogP contribution in [-0.2, 0) is 0 Å². The molecule has 2 rings (SSSR count). The van der Waals surface area contributed by atoms with E-state index >= 15 is 0 Å². The van der Waals surface area contributed by atoms with Gasteiger partial charge in [-0.05, 0) is 25.5 Å². The maximum Gasteiger partial charge on any atom is 0.175 e.